The molecule has 0 radical (unpaired) electrons. The molecule has 1 aromatic carbocycles. The first-order chi connectivity index (χ1) is 15.2. The van der Waals surface area contributed by atoms with Gasteiger partial charge in [-0.25, -0.2) is 9.59 Å². The van der Waals surface area contributed by atoms with Gasteiger partial charge in [0.25, 0.3) is 5.91 Å². The summed E-state index contributed by atoms with van der Waals surface area (Å²) in [4.78, 5) is 52.6. The van der Waals surface area contributed by atoms with Crippen molar-refractivity contribution < 1.29 is 28.7 Å². The Balaban J connectivity index is 2.11. The molecule has 1 fully saturated rings. The molecule has 2 atom stereocenters. The van der Waals surface area contributed by atoms with Crippen LogP contribution in [0.25, 0.3) is 0 Å². The first kappa shape index (κ1) is 25.2. The molecule has 1 N–H and O–H groups in total. The molecule has 0 aromatic heterocycles. The Kier molecular flexibility index (Phi) is 9.49. The molecule has 3 amide bonds. The third-order valence-electron chi connectivity index (χ3n) is 5.29. The van der Waals surface area contributed by atoms with E-state index in [0.29, 0.717) is 32.6 Å². The normalized spacial score (nSPS) is 15.7. The molecule has 1 aliphatic heterocycles. The number of ether oxygens (including phenoxy) is 2. The van der Waals surface area contributed by atoms with Crippen molar-refractivity contribution in [1.82, 2.24) is 15.1 Å². The van der Waals surface area contributed by atoms with Crippen LogP contribution < -0.4 is 5.32 Å². The number of rotatable bonds is 8. The van der Waals surface area contributed by atoms with Gasteiger partial charge in [0.1, 0.15) is 6.04 Å². The summed E-state index contributed by atoms with van der Waals surface area (Å²) in [5, 5.41) is 2.69. The molecular formula is C23H33N3O6. The van der Waals surface area contributed by atoms with Crippen LogP contribution in [0.3, 0.4) is 0 Å². The summed E-state index contributed by atoms with van der Waals surface area (Å²) in [5.41, 5.74) is 0.820. The van der Waals surface area contributed by atoms with Crippen LogP contribution in [0.5, 0.6) is 0 Å². The zero-order valence-corrected chi connectivity index (χ0v) is 19.2. The number of nitrogens with one attached hydrogen (secondary N) is 1. The highest BCUT2D eigenvalue weighted by Gasteiger charge is 2.32. The van der Waals surface area contributed by atoms with Crippen molar-refractivity contribution in [1.29, 1.82) is 0 Å². The number of hydrogen-bond donors (Lipinski definition) is 1. The van der Waals surface area contributed by atoms with Gasteiger partial charge in [-0.3, -0.25) is 9.59 Å². The minimum absolute atomic E-state index is 0.0432. The Morgan fingerprint density at radius 3 is 2.12 bits per heavy atom. The summed E-state index contributed by atoms with van der Waals surface area (Å²) in [6, 6.07) is 8.38. The average molecular weight is 448 g/mol. The fraction of sp³-hybridized carbons (Fsp3) is 0.565. The van der Waals surface area contributed by atoms with E-state index in [0.717, 1.165) is 5.56 Å². The number of esters is 1. The largest absolute Gasteiger partial charge is 0.467 e. The van der Waals surface area contributed by atoms with E-state index < -0.39 is 30.1 Å². The van der Waals surface area contributed by atoms with E-state index in [1.165, 1.54) is 18.9 Å². The Bertz CT molecular complexity index is 790. The van der Waals surface area contributed by atoms with Gasteiger partial charge in [0.2, 0.25) is 5.91 Å². The Morgan fingerprint density at radius 1 is 1.00 bits per heavy atom. The monoisotopic (exact) mass is 447 g/mol. The second kappa shape index (κ2) is 12.1. The third-order valence-corrected chi connectivity index (χ3v) is 5.29. The van der Waals surface area contributed by atoms with Crippen molar-refractivity contribution in [2.45, 2.75) is 45.8 Å². The van der Waals surface area contributed by atoms with Crippen LogP contribution in [0.2, 0.25) is 0 Å². The van der Waals surface area contributed by atoms with Crippen molar-refractivity contribution in [3.8, 4) is 0 Å². The summed E-state index contributed by atoms with van der Waals surface area (Å²) >= 11 is 0. The standard InChI is InChI=1S/C23H33N3O6/c1-16(2)14-19(22(29)31-4)24-21(28)20(15-18-8-6-5-7-9-18)32-23(30)26-12-10-25(11-13-26)17(3)27/h5-9,16,19-20H,10-15H2,1-4H3,(H,24,28)/t19-,20+/m0/s1. The van der Waals surface area contributed by atoms with Crippen LogP contribution in [-0.4, -0.2) is 79.1 Å². The molecule has 32 heavy (non-hydrogen) atoms. The van der Waals surface area contributed by atoms with Crippen molar-refractivity contribution in [2.24, 2.45) is 5.92 Å². The quantitative estimate of drug-likeness (QED) is 0.607. The number of carbonyl (C=O) groups excluding carboxylic acids is 4. The van der Waals surface area contributed by atoms with Crippen LogP contribution >= 0.6 is 0 Å². The Hall–Kier alpha value is -3.10. The molecule has 0 saturated carbocycles. The van der Waals surface area contributed by atoms with E-state index in [1.807, 2.05) is 44.2 Å². The van der Waals surface area contributed by atoms with Gasteiger partial charge in [-0.05, 0) is 17.9 Å². The van der Waals surface area contributed by atoms with E-state index in [9.17, 15) is 19.2 Å². The van der Waals surface area contributed by atoms with E-state index in [1.54, 1.807) is 4.90 Å². The molecule has 0 aliphatic carbocycles. The molecule has 0 unspecified atom stereocenters. The minimum atomic E-state index is -1.12. The lowest BCUT2D eigenvalue weighted by Crippen LogP contribution is -2.52. The second-order valence-electron chi connectivity index (χ2n) is 8.27. The number of methoxy groups -OCH3 is 1. The fourth-order valence-corrected chi connectivity index (χ4v) is 3.51. The number of piperazine rings is 1. The van der Waals surface area contributed by atoms with Crippen LogP contribution in [0.15, 0.2) is 30.3 Å². The molecule has 0 spiro atoms. The number of nitrogens with zero attached hydrogens (tertiary/aromatic N) is 2. The van der Waals surface area contributed by atoms with Gasteiger partial charge in [0, 0.05) is 39.5 Å². The predicted octanol–water partition coefficient (Wildman–Crippen LogP) is 1.60. The van der Waals surface area contributed by atoms with Gasteiger partial charge in [0.05, 0.1) is 7.11 Å². The molecule has 2 rings (SSSR count). The second-order valence-corrected chi connectivity index (χ2v) is 8.27. The predicted molar refractivity (Wildman–Crippen MR) is 118 cm³/mol. The number of hydrogen-bond acceptors (Lipinski definition) is 6. The van der Waals surface area contributed by atoms with Crippen LogP contribution in [-0.2, 0) is 30.3 Å². The molecular weight excluding hydrogens is 414 g/mol. The summed E-state index contributed by atoms with van der Waals surface area (Å²) in [6.07, 6.45) is -1.17. The van der Waals surface area contributed by atoms with Crippen LogP contribution in [0.1, 0.15) is 32.8 Å². The molecule has 9 nitrogen and oxygen atoms in total. The lowest BCUT2D eigenvalue weighted by molar-refractivity contribution is -0.147. The van der Waals surface area contributed by atoms with Crippen molar-refractivity contribution in [3.63, 3.8) is 0 Å². The highest BCUT2D eigenvalue weighted by molar-refractivity contribution is 5.88. The zero-order chi connectivity index (χ0) is 23.7. The van der Waals surface area contributed by atoms with E-state index in [-0.39, 0.29) is 18.2 Å². The Labute approximate surface area is 189 Å². The van der Waals surface area contributed by atoms with Crippen LogP contribution in [0, 0.1) is 5.92 Å². The zero-order valence-electron chi connectivity index (χ0n) is 19.2. The lowest BCUT2D eigenvalue weighted by Gasteiger charge is -2.34. The average Bonchev–Trinajstić information content (AvgIpc) is 2.77. The minimum Gasteiger partial charge on any atom is -0.467 e. The summed E-state index contributed by atoms with van der Waals surface area (Å²) in [7, 11) is 1.27. The molecule has 1 heterocycles. The van der Waals surface area contributed by atoms with Gasteiger partial charge in [0.15, 0.2) is 6.10 Å². The van der Waals surface area contributed by atoms with Gasteiger partial charge in [-0.2, -0.15) is 0 Å². The van der Waals surface area contributed by atoms with Gasteiger partial charge >= 0.3 is 12.1 Å². The maximum atomic E-state index is 13.1. The van der Waals surface area contributed by atoms with Crippen molar-refractivity contribution in [3.05, 3.63) is 35.9 Å². The smallest absolute Gasteiger partial charge is 0.410 e. The molecule has 9 heteroatoms. The number of amides is 3. The van der Waals surface area contributed by atoms with E-state index in [4.69, 9.17) is 9.47 Å². The first-order valence-electron chi connectivity index (χ1n) is 10.8. The van der Waals surface area contributed by atoms with Gasteiger partial charge in [-0.15, -0.1) is 0 Å². The SMILES string of the molecule is COC(=O)[C@H](CC(C)C)NC(=O)[C@@H](Cc1ccccc1)OC(=O)N1CCN(C(C)=O)CC1. The summed E-state index contributed by atoms with van der Waals surface area (Å²) < 4.78 is 10.4. The molecule has 1 aromatic rings. The van der Waals surface area contributed by atoms with E-state index in [2.05, 4.69) is 5.32 Å². The molecule has 1 saturated heterocycles. The van der Waals surface area contributed by atoms with Crippen molar-refractivity contribution >= 4 is 23.9 Å². The number of carbonyl (C=O) groups is 4. The molecule has 176 valence electrons. The van der Waals surface area contributed by atoms with Crippen molar-refractivity contribution in [2.75, 3.05) is 33.3 Å². The topological polar surface area (TPSA) is 105 Å². The summed E-state index contributed by atoms with van der Waals surface area (Å²) in [5.74, 6) is -0.997. The highest BCUT2D eigenvalue weighted by Crippen LogP contribution is 2.13. The lowest BCUT2D eigenvalue weighted by atomic mass is 10.0. The Morgan fingerprint density at radius 2 is 1.59 bits per heavy atom. The maximum absolute atomic E-state index is 13.1. The molecule has 0 bridgehead atoms. The van der Waals surface area contributed by atoms with Gasteiger partial charge in [-0.1, -0.05) is 44.2 Å². The van der Waals surface area contributed by atoms with Gasteiger partial charge < -0.3 is 24.6 Å². The maximum Gasteiger partial charge on any atom is 0.410 e. The molecule has 1 aliphatic rings. The third kappa shape index (κ3) is 7.55. The fourth-order valence-electron chi connectivity index (χ4n) is 3.51. The number of benzene rings is 1. The summed E-state index contributed by atoms with van der Waals surface area (Å²) in [6.45, 7) is 6.85. The van der Waals surface area contributed by atoms with Crippen LogP contribution in [0.4, 0.5) is 4.79 Å². The highest BCUT2D eigenvalue weighted by atomic mass is 16.6. The first-order valence-corrected chi connectivity index (χ1v) is 10.8. The van der Waals surface area contributed by atoms with E-state index >= 15 is 0 Å².